The first-order valence-electron chi connectivity index (χ1n) is 13.0. The average Bonchev–Trinajstić information content (AvgIpc) is 2.97. The summed E-state index contributed by atoms with van der Waals surface area (Å²) in [6, 6.07) is 17.3. The van der Waals surface area contributed by atoms with E-state index in [2.05, 4.69) is 10.0 Å². The summed E-state index contributed by atoms with van der Waals surface area (Å²) in [4.78, 5) is 12.6. The molecule has 41 heavy (non-hydrogen) atoms. The molecule has 1 amide bonds. The fourth-order valence-corrected chi connectivity index (χ4v) is 6.61. The fourth-order valence-electron chi connectivity index (χ4n) is 4.06. The number of ether oxygens (including phenoxy) is 3. The maximum Gasteiger partial charge on any atom is 0.261 e. The van der Waals surface area contributed by atoms with E-state index in [1.54, 1.807) is 43.3 Å². The molecule has 3 aromatic rings. The summed E-state index contributed by atoms with van der Waals surface area (Å²) in [6.07, 6.45) is 0. The number of carbonyl (C=O) groups excluding carboxylic acids is 1. The Morgan fingerprint density at radius 2 is 1.56 bits per heavy atom. The Labute approximate surface area is 240 Å². The van der Waals surface area contributed by atoms with Crippen molar-refractivity contribution in [2.45, 2.75) is 30.2 Å². The van der Waals surface area contributed by atoms with Crippen LogP contribution >= 0.6 is 0 Å². The highest BCUT2D eigenvalue weighted by molar-refractivity contribution is 7.92. The van der Waals surface area contributed by atoms with Crippen LogP contribution in [0.5, 0.6) is 11.5 Å². The van der Waals surface area contributed by atoms with Gasteiger partial charge in [-0.25, -0.2) is 16.8 Å². The number of aryl methyl sites for hydroxylation is 1. The van der Waals surface area contributed by atoms with Gasteiger partial charge in [0, 0.05) is 25.3 Å². The van der Waals surface area contributed by atoms with E-state index in [9.17, 15) is 21.6 Å². The molecule has 1 heterocycles. The molecule has 4 rings (SSSR count). The number of hydrogen-bond acceptors (Lipinski definition) is 8. The number of nitrogens with zero attached hydrogens (tertiary/aromatic N) is 1. The van der Waals surface area contributed by atoms with Crippen LogP contribution in [0.4, 0.5) is 5.69 Å². The van der Waals surface area contributed by atoms with Gasteiger partial charge in [-0.3, -0.25) is 9.52 Å². The molecular weight excluding hydrogens is 570 g/mol. The molecular formula is C28H33N3O8S2. The van der Waals surface area contributed by atoms with Crippen molar-refractivity contribution in [1.29, 1.82) is 0 Å². The van der Waals surface area contributed by atoms with E-state index in [4.69, 9.17) is 14.2 Å². The highest BCUT2D eigenvalue weighted by atomic mass is 32.2. The van der Waals surface area contributed by atoms with E-state index >= 15 is 0 Å². The summed E-state index contributed by atoms with van der Waals surface area (Å²) in [5, 5.41) is 2.73. The van der Waals surface area contributed by atoms with E-state index in [1.807, 2.05) is 6.92 Å². The first kappa shape index (κ1) is 30.3. The summed E-state index contributed by atoms with van der Waals surface area (Å²) in [6.45, 7) is 5.36. The first-order valence-corrected chi connectivity index (χ1v) is 15.9. The molecule has 0 atom stereocenters. The first-order chi connectivity index (χ1) is 19.6. The van der Waals surface area contributed by atoms with Crippen LogP contribution in [0, 0.1) is 6.92 Å². The molecule has 1 saturated heterocycles. The number of sulfonamides is 2. The van der Waals surface area contributed by atoms with Crippen molar-refractivity contribution in [1.82, 2.24) is 9.62 Å². The molecule has 13 heteroatoms. The Balaban J connectivity index is 1.28. The Bertz CT molecular complexity index is 1550. The van der Waals surface area contributed by atoms with Gasteiger partial charge in [-0.1, -0.05) is 12.1 Å². The van der Waals surface area contributed by atoms with Crippen LogP contribution in [0.15, 0.2) is 76.5 Å². The van der Waals surface area contributed by atoms with Gasteiger partial charge in [0.2, 0.25) is 10.0 Å². The summed E-state index contributed by atoms with van der Waals surface area (Å²) < 4.78 is 71.3. The van der Waals surface area contributed by atoms with E-state index < -0.39 is 20.0 Å². The maximum absolute atomic E-state index is 12.8. The average molecular weight is 604 g/mol. The number of nitrogens with one attached hydrogen (secondary N) is 2. The molecule has 0 saturated carbocycles. The van der Waals surface area contributed by atoms with Gasteiger partial charge in [-0.05, 0) is 79.6 Å². The lowest BCUT2D eigenvalue weighted by atomic mass is 10.2. The molecule has 0 aliphatic carbocycles. The zero-order valence-corrected chi connectivity index (χ0v) is 24.5. The molecule has 220 valence electrons. The van der Waals surface area contributed by atoms with Gasteiger partial charge in [0.25, 0.3) is 15.9 Å². The van der Waals surface area contributed by atoms with Crippen molar-refractivity contribution in [3.05, 3.63) is 77.9 Å². The Kier molecular flexibility index (Phi) is 9.86. The lowest BCUT2D eigenvalue weighted by Gasteiger charge is -2.26. The third kappa shape index (κ3) is 7.97. The molecule has 11 nitrogen and oxygen atoms in total. The standard InChI is InChI=1S/C28H33N3O8S2/c1-3-38-24-8-6-23(7-9-24)30-40(33,34)26-12-13-27(21(2)18-26)39-20-28(32)29-19-22-4-10-25(11-5-22)41(35,36)31-14-16-37-17-15-31/h4-13,18,30H,3,14-17,19-20H2,1-2H3,(H,29,32). The van der Waals surface area contributed by atoms with Crippen molar-refractivity contribution in [2.75, 3.05) is 44.2 Å². The van der Waals surface area contributed by atoms with Gasteiger partial charge in [0.15, 0.2) is 6.61 Å². The number of amides is 1. The zero-order chi connectivity index (χ0) is 29.5. The van der Waals surface area contributed by atoms with Gasteiger partial charge in [0.05, 0.1) is 29.6 Å². The highest BCUT2D eigenvalue weighted by Crippen LogP contribution is 2.25. The zero-order valence-electron chi connectivity index (χ0n) is 22.8. The van der Waals surface area contributed by atoms with Crippen molar-refractivity contribution < 1.29 is 35.8 Å². The Hall–Kier alpha value is -3.65. The van der Waals surface area contributed by atoms with Crippen LogP contribution in [0.2, 0.25) is 0 Å². The topological polar surface area (TPSA) is 140 Å². The molecule has 1 aliphatic heterocycles. The van der Waals surface area contributed by atoms with Gasteiger partial charge in [-0.2, -0.15) is 4.31 Å². The van der Waals surface area contributed by atoms with Crippen molar-refractivity contribution in [3.8, 4) is 11.5 Å². The molecule has 0 unspecified atom stereocenters. The normalized spacial score (nSPS) is 14.3. The number of carbonyl (C=O) groups is 1. The number of benzene rings is 3. The largest absolute Gasteiger partial charge is 0.494 e. The summed E-state index contributed by atoms with van der Waals surface area (Å²) in [5.41, 5.74) is 1.67. The van der Waals surface area contributed by atoms with Gasteiger partial charge >= 0.3 is 0 Å². The summed E-state index contributed by atoms with van der Waals surface area (Å²) >= 11 is 0. The molecule has 0 spiro atoms. The van der Waals surface area contributed by atoms with Crippen LogP contribution < -0.4 is 19.5 Å². The lowest BCUT2D eigenvalue weighted by molar-refractivity contribution is -0.123. The van der Waals surface area contributed by atoms with Crippen molar-refractivity contribution in [3.63, 3.8) is 0 Å². The number of rotatable bonds is 12. The van der Waals surface area contributed by atoms with Crippen LogP contribution in [-0.2, 0) is 36.1 Å². The lowest BCUT2D eigenvalue weighted by Crippen LogP contribution is -2.40. The summed E-state index contributed by atoms with van der Waals surface area (Å²) in [7, 11) is -7.42. The predicted octanol–water partition coefficient (Wildman–Crippen LogP) is 2.91. The second-order valence-electron chi connectivity index (χ2n) is 9.22. The van der Waals surface area contributed by atoms with E-state index in [0.29, 0.717) is 55.7 Å². The molecule has 1 aliphatic rings. The maximum atomic E-state index is 12.8. The van der Waals surface area contributed by atoms with Crippen molar-refractivity contribution >= 4 is 31.6 Å². The number of hydrogen-bond donors (Lipinski definition) is 2. The minimum absolute atomic E-state index is 0.0553. The van der Waals surface area contributed by atoms with Gasteiger partial charge in [0.1, 0.15) is 11.5 Å². The third-order valence-electron chi connectivity index (χ3n) is 6.25. The molecule has 3 aromatic carbocycles. The molecule has 2 N–H and O–H groups in total. The predicted molar refractivity (Wildman–Crippen MR) is 153 cm³/mol. The second-order valence-corrected chi connectivity index (χ2v) is 12.8. The van der Waals surface area contributed by atoms with E-state index in [-0.39, 0.29) is 28.8 Å². The van der Waals surface area contributed by atoms with Crippen LogP contribution in [-0.4, -0.2) is 66.6 Å². The van der Waals surface area contributed by atoms with Gasteiger partial charge < -0.3 is 19.5 Å². The molecule has 0 bridgehead atoms. The highest BCUT2D eigenvalue weighted by Gasteiger charge is 2.26. The Morgan fingerprint density at radius 3 is 2.20 bits per heavy atom. The fraction of sp³-hybridized carbons (Fsp3) is 0.321. The molecule has 1 fully saturated rings. The molecule has 0 radical (unpaired) electrons. The van der Waals surface area contributed by atoms with E-state index in [1.165, 1.54) is 34.6 Å². The van der Waals surface area contributed by atoms with Crippen molar-refractivity contribution in [2.24, 2.45) is 0 Å². The smallest absolute Gasteiger partial charge is 0.261 e. The monoisotopic (exact) mass is 603 g/mol. The SMILES string of the molecule is CCOc1ccc(NS(=O)(=O)c2ccc(OCC(=O)NCc3ccc(S(=O)(=O)N4CCOCC4)cc3)c(C)c2)cc1. The van der Waals surface area contributed by atoms with Crippen LogP contribution in [0.3, 0.4) is 0 Å². The summed E-state index contributed by atoms with van der Waals surface area (Å²) in [5.74, 6) is 0.630. The van der Waals surface area contributed by atoms with Gasteiger partial charge in [-0.15, -0.1) is 0 Å². The molecule has 0 aromatic heterocycles. The quantitative estimate of drug-likeness (QED) is 0.322. The van der Waals surface area contributed by atoms with Crippen LogP contribution in [0.1, 0.15) is 18.1 Å². The minimum Gasteiger partial charge on any atom is -0.494 e. The number of anilines is 1. The number of morpholine rings is 1. The minimum atomic E-state index is -3.84. The van der Waals surface area contributed by atoms with Crippen LogP contribution in [0.25, 0.3) is 0 Å². The Morgan fingerprint density at radius 1 is 0.902 bits per heavy atom. The second kappa shape index (κ2) is 13.3. The van der Waals surface area contributed by atoms with E-state index in [0.717, 1.165) is 5.56 Å². The third-order valence-corrected chi connectivity index (χ3v) is 9.55.